The van der Waals surface area contributed by atoms with Crippen LogP contribution in [0.15, 0.2) is 12.2 Å². The normalized spacial score (nSPS) is 27.5. The van der Waals surface area contributed by atoms with Gasteiger partial charge in [0.05, 0.1) is 12.7 Å². The molecule has 492 valence electrons. The van der Waals surface area contributed by atoms with Gasteiger partial charge in [0, 0.05) is 49.3 Å². The fourth-order valence-corrected chi connectivity index (χ4v) is 10.9. The molecule has 1 aliphatic rings. The lowest BCUT2D eigenvalue weighted by molar-refractivity contribution is -0.157. The first kappa shape index (κ1) is 77.8. The summed E-state index contributed by atoms with van der Waals surface area (Å²) in [7, 11) is 9.62. The van der Waals surface area contributed by atoms with Crippen LogP contribution in [0.4, 0.5) is 0 Å². The Bertz CT molecular complexity index is 2350. The van der Waals surface area contributed by atoms with Crippen molar-refractivity contribution in [2.24, 2.45) is 35.5 Å². The van der Waals surface area contributed by atoms with Crippen LogP contribution < -0.4 is 21.3 Å². The quantitative estimate of drug-likeness (QED) is 0.121. The van der Waals surface area contributed by atoms with E-state index in [9.17, 15) is 53.4 Å². The van der Waals surface area contributed by atoms with Gasteiger partial charge >= 0.3 is 0 Å². The predicted octanol–water partition coefficient (Wildman–Crippen LogP) is 2.38. The number of rotatable bonds is 16. The molecule has 0 saturated carbocycles. The van der Waals surface area contributed by atoms with Crippen LogP contribution in [0.1, 0.15) is 156 Å². The van der Waals surface area contributed by atoms with E-state index in [-0.39, 0.29) is 56.3 Å². The van der Waals surface area contributed by atoms with E-state index in [0.29, 0.717) is 6.42 Å². The van der Waals surface area contributed by atoms with Gasteiger partial charge in [-0.25, -0.2) is 0 Å². The Kier molecular flexibility index (Phi) is 32.2. The van der Waals surface area contributed by atoms with Crippen molar-refractivity contribution < 1.29 is 63.0 Å². The number of hydrogen-bond acceptors (Lipinski definition) is 13. The smallest absolute Gasteiger partial charge is 0.248 e. The molecule has 1 aliphatic heterocycles. The lowest BCUT2D eigenvalue weighted by Gasteiger charge is -2.41. The van der Waals surface area contributed by atoms with Crippen molar-refractivity contribution in [3.05, 3.63) is 12.2 Å². The Hall–Kier alpha value is -6.17. The molecule has 1 rings (SSSR count). The van der Waals surface area contributed by atoms with Gasteiger partial charge in [0.1, 0.15) is 66.5 Å². The van der Waals surface area contributed by atoms with Crippen LogP contribution >= 0.6 is 0 Å². The number of carbonyl (C=O) groups is 11. The maximum atomic E-state index is 15.1. The molecule has 0 bridgehead atoms. The van der Waals surface area contributed by atoms with Crippen LogP contribution in [-0.4, -0.2) is 238 Å². The van der Waals surface area contributed by atoms with Gasteiger partial charge in [-0.05, 0) is 94.8 Å². The Morgan fingerprint density at radius 1 is 0.453 bits per heavy atom. The van der Waals surface area contributed by atoms with Gasteiger partial charge in [0.15, 0.2) is 0 Å². The first-order chi connectivity index (χ1) is 39.8. The molecule has 0 aromatic rings. The highest BCUT2D eigenvalue weighted by atomic mass is 16.3. The SMILES string of the molecule is C/C=C/C[C@@H](C)[C@@H](O)[C@H]1C(=O)N[C@@H](CC)C(=O)N(C)[C@H](CO)C(=O)N(C)[C@@H](CC(C)C)C(=O)N[C@@H](C(C)C)C(=O)N(C)[C@@H](CC(C)C)C(=O)N[C@@H](C)C(=O)N[C@H](C)C(=O)N(C)[C@@H](CCC)C(=O)N(C)[C@@H](CC(C)C)C(=O)N(C)[C@@H](C(C)C)C(=O)N1C. The molecule has 0 aromatic carbocycles. The Morgan fingerprint density at radius 2 is 0.872 bits per heavy atom. The number of nitrogens with one attached hydrogen (secondary N) is 4. The third-order valence-corrected chi connectivity index (χ3v) is 16.4. The molecule has 6 N–H and O–H groups in total. The molecule has 1 saturated heterocycles. The van der Waals surface area contributed by atoms with Crippen molar-refractivity contribution in [1.29, 1.82) is 0 Å². The number of allylic oxidation sites excluding steroid dienone is 2. The topological polar surface area (TPSA) is 299 Å². The zero-order valence-corrected chi connectivity index (χ0v) is 56.2. The number of aliphatic hydroxyl groups is 2. The second-order valence-corrected chi connectivity index (χ2v) is 25.6. The minimum atomic E-state index is -1.66. The molecule has 1 heterocycles. The highest BCUT2D eigenvalue weighted by Crippen LogP contribution is 2.25. The van der Waals surface area contributed by atoms with Crippen LogP contribution in [0.3, 0.4) is 0 Å². The number of aliphatic hydroxyl groups excluding tert-OH is 2. The molecule has 0 spiro atoms. The highest BCUT2D eigenvalue weighted by molar-refractivity contribution is 6.00. The van der Waals surface area contributed by atoms with E-state index in [1.807, 2.05) is 48.5 Å². The van der Waals surface area contributed by atoms with Crippen molar-refractivity contribution in [2.75, 3.05) is 55.9 Å². The lowest BCUT2D eigenvalue weighted by Crippen LogP contribution is -2.64. The second-order valence-electron chi connectivity index (χ2n) is 25.6. The van der Waals surface area contributed by atoms with Gasteiger partial charge in [0.25, 0.3) is 0 Å². The number of hydrogen-bond donors (Lipinski definition) is 6. The average molecular weight is 1220 g/mol. The van der Waals surface area contributed by atoms with Crippen LogP contribution in [0.25, 0.3) is 0 Å². The summed E-state index contributed by atoms with van der Waals surface area (Å²) in [5, 5.41) is 33.9. The van der Waals surface area contributed by atoms with Crippen LogP contribution in [-0.2, 0) is 52.7 Å². The molecule has 86 heavy (non-hydrogen) atoms. The summed E-state index contributed by atoms with van der Waals surface area (Å²) in [5.74, 6) is -10.4. The predicted molar refractivity (Wildman–Crippen MR) is 330 cm³/mol. The third kappa shape index (κ3) is 20.7. The second kappa shape index (κ2) is 35.6. The van der Waals surface area contributed by atoms with Crippen molar-refractivity contribution in [1.82, 2.24) is 55.6 Å². The van der Waals surface area contributed by atoms with E-state index in [2.05, 4.69) is 21.3 Å². The van der Waals surface area contributed by atoms with Gasteiger partial charge < -0.3 is 65.8 Å². The molecule has 0 aliphatic carbocycles. The van der Waals surface area contributed by atoms with Gasteiger partial charge in [-0.3, -0.25) is 52.7 Å². The monoisotopic (exact) mass is 1220 g/mol. The number of carbonyl (C=O) groups excluding carboxylic acids is 11. The Morgan fingerprint density at radius 3 is 1.33 bits per heavy atom. The summed E-state index contributed by atoms with van der Waals surface area (Å²) in [5.41, 5.74) is 0. The van der Waals surface area contributed by atoms with Crippen LogP contribution in [0.5, 0.6) is 0 Å². The van der Waals surface area contributed by atoms with Gasteiger partial charge in [-0.15, -0.1) is 0 Å². The summed E-state index contributed by atoms with van der Waals surface area (Å²) < 4.78 is 0. The highest BCUT2D eigenvalue weighted by Gasteiger charge is 2.46. The Labute approximate surface area is 513 Å². The zero-order chi connectivity index (χ0) is 66.7. The molecule has 24 nitrogen and oxygen atoms in total. The molecular formula is C62H111N11O13. The number of nitrogens with zero attached hydrogens (tertiary/aromatic N) is 7. The summed E-state index contributed by atoms with van der Waals surface area (Å²) in [6, 6.07) is -14.4. The van der Waals surface area contributed by atoms with E-state index in [0.717, 1.165) is 14.7 Å². The van der Waals surface area contributed by atoms with E-state index >= 15 is 9.59 Å². The Balaban J connectivity index is 4.38. The summed E-state index contributed by atoms with van der Waals surface area (Å²) in [6.45, 7) is 26.7. The summed E-state index contributed by atoms with van der Waals surface area (Å²) >= 11 is 0. The molecule has 0 aromatic heterocycles. The largest absolute Gasteiger partial charge is 0.394 e. The molecular weight excluding hydrogens is 1110 g/mol. The first-order valence-electron chi connectivity index (χ1n) is 30.8. The van der Waals surface area contributed by atoms with E-state index in [1.54, 1.807) is 60.6 Å². The molecule has 11 amide bonds. The molecule has 0 radical (unpaired) electrons. The standard InChI is InChI=1S/C62H111N11O13/c1-24-27-29-39(14)51(75)50-55(79)65-42(26-3)57(81)71(21)47(33-74)60(84)68(18)45(31-35(6)7)54(78)66-48(37(10)11)61(85)69(19)44(30-34(4)5)53(77)63-40(15)52(76)64-41(16)56(80)67(17)43(28-25-2)58(82)70(20)46(32-36(8)9)59(83)72(22)49(38(12)13)62(86)73(50)23/h24,27,34-51,74-75H,25-26,28-33H2,1-23H3,(H,63,77)(H,64,76)(H,65,79)(H,66,78)/b27-24+/t39-,40+,41-,42+,43+,44+,45+,46+,47-,48+,49+,50+,51-/m1/s1. The maximum Gasteiger partial charge on any atom is 0.248 e. The average Bonchev–Trinajstić information content (AvgIpc) is 1.60. The fraction of sp³-hybridized carbons (Fsp3) is 0.790. The maximum absolute atomic E-state index is 15.1. The molecule has 0 unspecified atom stereocenters. The van der Waals surface area contributed by atoms with Crippen molar-refractivity contribution >= 4 is 65.0 Å². The number of likely N-dealkylation sites (N-methyl/N-ethyl adjacent to an activating group) is 7. The van der Waals surface area contributed by atoms with Gasteiger partial charge in [-0.2, -0.15) is 0 Å². The molecule has 13 atom stereocenters. The summed E-state index contributed by atoms with van der Waals surface area (Å²) in [6.07, 6.45) is 3.16. The molecule has 1 fully saturated rings. The van der Waals surface area contributed by atoms with Crippen molar-refractivity contribution in [3.63, 3.8) is 0 Å². The minimum absolute atomic E-state index is 0.0612. The van der Waals surface area contributed by atoms with Crippen molar-refractivity contribution in [3.8, 4) is 0 Å². The van der Waals surface area contributed by atoms with Gasteiger partial charge in [0.2, 0.25) is 65.0 Å². The summed E-state index contributed by atoms with van der Waals surface area (Å²) in [4.78, 5) is 169. The van der Waals surface area contributed by atoms with Crippen LogP contribution in [0, 0.1) is 35.5 Å². The minimum Gasteiger partial charge on any atom is -0.394 e. The first-order valence-corrected chi connectivity index (χ1v) is 30.8. The fourth-order valence-electron chi connectivity index (χ4n) is 10.9. The number of amides is 11. The van der Waals surface area contributed by atoms with E-state index in [1.165, 1.54) is 82.8 Å². The zero-order valence-electron chi connectivity index (χ0n) is 56.2. The molecule has 24 heteroatoms. The van der Waals surface area contributed by atoms with Gasteiger partial charge in [-0.1, -0.05) is 109 Å². The lowest BCUT2D eigenvalue weighted by atomic mass is 9.91. The van der Waals surface area contributed by atoms with Crippen molar-refractivity contribution in [2.45, 2.75) is 228 Å². The van der Waals surface area contributed by atoms with Crippen LogP contribution in [0.2, 0.25) is 0 Å². The third-order valence-electron chi connectivity index (χ3n) is 16.4. The van der Waals surface area contributed by atoms with E-state index in [4.69, 9.17) is 0 Å². The van der Waals surface area contributed by atoms with E-state index < -0.39 is 162 Å².